The molecular formula is C11H13N5S2. The van der Waals surface area contributed by atoms with Gasteiger partial charge in [0.1, 0.15) is 5.01 Å². The molecule has 0 fully saturated rings. The molecule has 5 nitrogen and oxygen atoms in total. The number of aromatic nitrogens is 4. The maximum Gasteiger partial charge on any atom is 0.186 e. The summed E-state index contributed by atoms with van der Waals surface area (Å²) in [6.07, 6.45) is 1.82. The SMILES string of the molecule is Cc1nn(C)c2nc(NC(C)c3nccs3)sc12. The van der Waals surface area contributed by atoms with Gasteiger partial charge in [0.2, 0.25) is 0 Å². The molecule has 0 amide bonds. The summed E-state index contributed by atoms with van der Waals surface area (Å²) >= 11 is 3.29. The largest absolute Gasteiger partial charge is 0.352 e. The van der Waals surface area contributed by atoms with E-state index < -0.39 is 0 Å². The van der Waals surface area contributed by atoms with E-state index in [1.807, 2.05) is 30.2 Å². The topological polar surface area (TPSA) is 55.6 Å². The number of fused-ring (bicyclic) bond motifs is 1. The smallest absolute Gasteiger partial charge is 0.186 e. The lowest BCUT2D eigenvalue weighted by Crippen LogP contribution is -2.05. The van der Waals surface area contributed by atoms with Crippen LogP contribution in [0.3, 0.4) is 0 Å². The molecule has 0 aliphatic rings. The van der Waals surface area contributed by atoms with Gasteiger partial charge in [-0.1, -0.05) is 11.3 Å². The van der Waals surface area contributed by atoms with E-state index in [9.17, 15) is 0 Å². The summed E-state index contributed by atoms with van der Waals surface area (Å²) in [6, 6.07) is 0.179. The highest BCUT2D eigenvalue weighted by Crippen LogP contribution is 2.30. The number of hydrogen-bond donors (Lipinski definition) is 1. The summed E-state index contributed by atoms with van der Waals surface area (Å²) in [4.78, 5) is 8.87. The van der Waals surface area contributed by atoms with Crippen molar-refractivity contribution < 1.29 is 0 Å². The minimum absolute atomic E-state index is 0.179. The normalized spacial score (nSPS) is 13.1. The Balaban J connectivity index is 1.89. The van der Waals surface area contributed by atoms with Crippen molar-refractivity contribution in [1.82, 2.24) is 19.7 Å². The fourth-order valence-corrected chi connectivity index (χ4v) is 3.51. The molecule has 0 saturated heterocycles. The van der Waals surface area contributed by atoms with Gasteiger partial charge < -0.3 is 5.32 Å². The molecule has 1 atom stereocenters. The Kier molecular flexibility index (Phi) is 2.79. The van der Waals surface area contributed by atoms with Crippen LogP contribution in [0.4, 0.5) is 5.13 Å². The van der Waals surface area contributed by atoms with Gasteiger partial charge in [0.25, 0.3) is 0 Å². The first-order chi connectivity index (χ1) is 8.65. The van der Waals surface area contributed by atoms with Crippen LogP contribution in [-0.4, -0.2) is 19.7 Å². The molecule has 18 heavy (non-hydrogen) atoms. The van der Waals surface area contributed by atoms with Crippen molar-refractivity contribution in [1.29, 1.82) is 0 Å². The van der Waals surface area contributed by atoms with E-state index in [1.54, 1.807) is 22.7 Å². The van der Waals surface area contributed by atoms with Crippen LogP contribution in [0.25, 0.3) is 10.3 Å². The van der Waals surface area contributed by atoms with Crippen LogP contribution in [0.2, 0.25) is 0 Å². The van der Waals surface area contributed by atoms with E-state index in [4.69, 9.17) is 0 Å². The van der Waals surface area contributed by atoms with Gasteiger partial charge in [0, 0.05) is 18.6 Å². The highest BCUT2D eigenvalue weighted by molar-refractivity contribution is 7.22. The average Bonchev–Trinajstić information content (AvgIpc) is 3.00. The van der Waals surface area contributed by atoms with Crippen LogP contribution >= 0.6 is 22.7 Å². The van der Waals surface area contributed by atoms with Crippen LogP contribution in [-0.2, 0) is 7.05 Å². The summed E-state index contributed by atoms with van der Waals surface area (Å²) in [5, 5.41) is 11.7. The van der Waals surface area contributed by atoms with Crippen LogP contribution < -0.4 is 5.32 Å². The first-order valence-electron chi connectivity index (χ1n) is 5.61. The number of nitrogens with zero attached hydrogens (tertiary/aromatic N) is 4. The summed E-state index contributed by atoms with van der Waals surface area (Å²) < 4.78 is 2.96. The van der Waals surface area contributed by atoms with Crippen molar-refractivity contribution >= 4 is 38.2 Å². The Morgan fingerprint density at radius 1 is 1.44 bits per heavy atom. The second kappa shape index (κ2) is 4.33. The number of thiazole rings is 2. The first kappa shape index (κ1) is 11.6. The quantitative estimate of drug-likeness (QED) is 0.801. The van der Waals surface area contributed by atoms with Crippen molar-refractivity contribution in [2.24, 2.45) is 7.05 Å². The Hall–Kier alpha value is -1.47. The molecule has 3 aromatic heterocycles. The lowest BCUT2D eigenvalue weighted by molar-refractivity contribution is 0.773. The van der Waals surface area contributed by atoms with E-state index in [0.29, 0.717) is 0 Å². The molecule has 0 aromatic carbocycles. The van der Waals surface area contributed by atoms with Gasteiger partial charge in [-0.3, -0.25) is 0 Å². The molecule has 3 rings (SSSR count). The standard InChI is InChI=1S/C11H13N5S2/c1-6-8-9(16(3)15-6)14-11(18-8)13-7(2)10-12-4-5-17-10/h4-5,7H,1-3H3,(H,13,14). The molecule has 7 heteroatoms. The minimum Gasteiger partial charge on any atom is -0.352 e. The molecule has 0 aliphatic heterocycles. The summed E-state index contributed by atoms with van der Waals surface area (Å²) in [7, 11) is 1.92. The van der Waals surface area contributed by atoms with Crippen LogP contribution in [0, 0.1) is 6.92 Å². The maximum atomic E-state index is 4.57. The molecule has 0 radical (unpaired) electrons. The van der Waals surface area contributed by atoms with Gasteiger partial charge in [-0.2, -0.15) is 5.10 Å². The average molecular weight is 279 g/mol. The molecule has 1 N–H and O–H groups in total. The first-order valence-corrected chi connectivity index (χ1v) is 7.31. The number of nitrogens with one attached hydrogen (secondary N) is 1. The molecule has 3 aromatic rings. The van der Waals surface area contributed by atoms with Gasteiger partial charge in [0.05, 0.1) is 16.4 Å². The van der Waals surface area contributed by atoms with E-state index in [0.717, 1.165) is 26.2 Å². The second-order valence-electron chi connectivity index (χ2n) is 4.12. The summed E-state index contributed by atoms with van der Waals surface area (Å²) in [5.41, 5.74) is 1.96. The minimum atomic E-state index is 0.179. The number of aryl methyl sites for hydroxylation is 2. The molecular weight excluding hydrogens is 266 g/mol. The Labute approximate surface area is 113 Å². The monoisotopic (exact) mass is 279 g/mol. The molecule has 0 aliphatic carbocycles. The molecule has 0 spiro atoms. The summed E-state index contributed by atoms with van der Waals surface area (Å²) in [5.74, 6) is 0. The fraction of sp³-hybridized carbons (Fsp3) is 0.364. The van der Waals surface area contributed by atoms with E-state index in [2.05, 4.69) is 27.3 Å². The predicted octanol–water partition coefficient (Wildman–Crippen LogP) is 2.97. The van der Waals surface area contributed by atoms with Gasteiger partial charge in [-0.25, -0.2) is 14.6 Å². The third kappa shape index (κ3) is 1.89. The van der Waals surface area contributed by atoms with Crippen LogP contribution in [0.5, 0.6) is 0 Å². The number of anilines is 1. The van der Waals surface area contributed by atoms with E-state index >= 15 is 0 Å². The fourth-order valence-electron chi connectivity index (χ4n) is 1.84. The van der Waals surface area contributed by atoms with E-state index in [1.165, 1.54) is 0 Å². The van der Waals surface area contributed by atoms with E-state index in [-0.39, 0.29) is 6.04 Å². The van der Waals surface area contributed by atoms with Gasteiger partial charge >= 0.3 is 0 Å². The lowest BCUT2D eigenvalue weighted by Gasteiger charge is -2.08. The summed E-state index contributed by atoms with van der Waals surface area (Å²) in [6.45, 7) is 4.10. The molecule has 0 bridgehead atoms. The van der Waals surface area contributed by atoms with Crippen molar-refractivity contribution in [2.45, 2.75) is 19.9 Å². The highest BCUT2D eigenvalue weighted by Gasteiger charge is 2.14. The zero-order valence-electron chi connectivity index (χ0n) is 10.3. The Morgan fingerprint density at radius 3 is 2.94 bits per heavy atom. The Bertz CT molecular complexity index is 633. The molecule has 0 saturated carbocycles. The van der Waals surface area contributed by atoms with Crippen molar-refractivity contribution in [3.05, 3.63) is 22.3 Å². The highest BCUT2D eigenvalue weighted by atomic mass is 32.1. The number of hydrogen-bond acceptors (Lipinski definition) is 6. The molecule has 94 valence electrons. The van der Waals surface area contributed by atoms with Gasteiger partial charge in [-0.05, 0) is 13.8 Å². The third-order valence-electron chi connectivity index (χ3n) is 2.71. The predicted molar refractivity (Wildman–Crippen MR) is 75.3 cm³/mol. The van der Waals surface area contributed by atoms with Crippen LogP contribution in [0.15, 0.2) is 11.6 Å². The molecule has 1 unspecified atom stereocenters. The third-order valence-corrected chi connectivity index (χ3v) is 4.75. The van der Waals surface area contributed by atoms with Gasteiger partial charge in [-0.15, -0.1) is 11.3 Å². The van der Waals surface area contributed by atoms with Crippen molar-refractivity contribution in [3.8, 4) is 0 Å². The van der Waals surface area contributed by atoms with Gasteiger partial charge in [0.15, 0.2) is 10.8 Å². The maximum absolute atomic E-state index is 4.57. The number of rotatable bonds is 3. The Morgan fingerprint density at radius 2 is 2.28 bits per heavy atom. The zero-order chi connectivity index (χ0) is 12.7. The zero-order valence-corrected chi connectivity index (χ0v) is 12.0. The van der Waals surface area contributed by atoms with Crippen molar-refractivity contribution in [2.75, 3.05) is 5.32 Å². The van der Waals surface area contributed by atoms with Crippen LogP contribution in [0.1, 0.15) is 23.7 Å². The molecule has 3 heterocycles. The van der Waals surface area contributed by atoms with Crippen molar-refractivity contribution in [3.63, 3.8) is 0 Å². The second-order valence-corrected chi connectivity index (χ2v) is 6.04. The lowest BCUT2D eigenvalue weighted by atomic mass is 10.4.